The van der Waals surface area contributed by atoms with Gasteiger partial charge in [0.15, 0.2) is 0 Å². The van der Waals surface area contributed by atoms with Crippen molar-refractivity contribution in [2.75, 3.05) is 0 Å². The van der Waals surface area contributed by atoms with Crippen LogP contribution < -0.4 is 0 Å². The molecular formula is C31H37F8IO4S. The Balaban J connectivity index is 1.76. The Morgan fingerprint density at radius 1 is 0.689 bits per heavy atom. The number of benzene rings is 2. The fraction of sp³-hybridized carbons (Fsp3) is 0.613. The number of fused-ring (bicyclic) bond motifs is 2. The molecule has 254 valence electrons. The van der Waals surface area contributed by atoms with Gasteiger partial charge in [0.25, 0.3) is 0 Å². The van der Waals surface area contributed by atoms with E-state index in [1.165, 1.54) is 24.3 Å². The third-order valence-corrected chi connectivity index (χ3v) is 16.0. The monoisotopic (exact) mass is 784 g/mol. The molecule has 0 aromatic heterocycles. The Kier molecular flexibility index (Phi) is 9.58. The van der Waals surface area contributed by atoms with Crippen molar-refractivity contribution >= 4 is 30.4 Å². The zero-order valence-electron chi connectivity index (χ0n) is 25.6. The van der Waals surface area contributed by atoms with Gasteiger partial charge in [-0.15, -0.1) is 0 Å². The Morgan fingerprint density at radius 3 is 1.56 bits per heavy atom. The molecule has 4 rings (SSSR count). The standard InChI is InChI=1S/C31H37F8IO4S/c1-26(2,3)21-11-7-9-13-24(21)40(25-14-10-8-12-22(25)27(4,5)6)44-45(41,42)31(38,39)30(36,37)43-29(34,35)28(32,33)23-18-19-15-16-20(23)17-19/h7-14,19-20,23H,15-18H2,1-6H3. The molecular weight excluding hydrogens is 747 g/mol. The predicted octanol–water partition coefficient (Wildman–Crippen LogP) is 9.96. The first-order valence-corrected chi connectivity index (χ1v) is 18.8. The van der Waals surface area contributed by atoms with Gasteiger partial charge in [-0.25, -0.2) is 0 Å². The van der Waals surface area contributed by atoms with Gasteiger partial charge in [-0.3, -0.25) is 0 Å². The van der Waals surface area contributed by atoms with E-state index in [-0.39, 0.29) is 25.9 Å². The maximum atomic E-state index is 15.3. The predicted molar refractivity (Wildman–Crippen MR) is 162 cm³/mol. The van der Waals surface area contributed by atoms with Gasteiger partial charge in [0.05, 0.1) is 0 Å². The zero-order chi connectivity index (χ0) is 34.0. The van der Waals surface area contributed by atoms with E-state index in [0.717, 1.165) is 0 Å². The van der Waals surface area contributed by atoms with E-state index in [9.17, 15) is 34.8 Å². The van der Waals surface area contributed by atoms with E-state index in [1.54, 1.807) is 65.8 Å². The van der Waals surface area contributed by atoms with Gasteiger partial charge in [-0.2, -0.15) is 0 Å². The minimum absolute atomic E-state index is 0.161. The summed E-state index contributed by atoms with van der Waals surface area (Å²) in [5.41, 5.74) is -0.423. The summed E-state index contributed by atoms with van der Waals surface area (Å²) in [6, 6.07) is 12.4. The van der Waals surface area contributed by atoms with Gasteiger partial charge in [-0.1, -0.05) is 0 Å². The number of alkyl halides is 8. The molecule has 0 spiro atoms. The van der Waals surface area contributed by atoms with Crippen LogP contribution >= 0.6 is 20.2 Å². The molecule has 0 N–H and O–H groups in total. The molecule has 3 atom stereocenters. The molecule has 2 fully saturated rings. The van der Waals surface area contributed by atoms with Gasteiger partial charge >= 0.3 is 267 Å². The molecule has 2 aromatic rings. The van der Waals surface area contributed by atoms with E-state index in [4.69, 9.17) is 2.51 Å². The van der Waals surface area contributed by atoms with Crippen LogP contribution in [0.25, 0.3) is 0 Å². The molecule has 2 bridgehead atoms. The molecule has 4 nitrogen and oxygen atoms in total. The first kappa shape index (κ1) is 36.3. The summed E-state index contributed by atoms with van der Waals surface area (Å²) in [6.45, 7) is 10.6. The molecule has 3 unspecified atom stereocenters. The van der Waals surface area contributed by atoms with Gasteiger partial charge in [-0.05, 0) is 0 Å². The van der Waals surface area contributed by atoms with E-state index in [2.05, 4.69) is 4.74 Å². The molecule has 2 aliphatic carbocycles. The van der Waals surface area contributed by atoms with Crippen molar-refractivity contribution in [3.63, 3.8) is 0 Å². The number of ether oxygens (including phenoxy) is 1. The quantitative estimate of drug-likeness (QED) is 0.178. The Labute approximate surface area is 266 Å². The molecule has 2 aromatic carbocycles. The number of hydrogen-bond acceptors (Lipinski definition) is 4. The summed E-state index contributed by atoms with van der Waals surface area (Å²) in [7, 11) is -6.80. The Morgan fingerprint density at radius 2 is 1.16 bits per heavy atom. The van der Waals surface area contributed by atoms with Crippen molar-refractivity contribution < 1.29 is 50.8 Å². The van der Waals surface area contributed by atoms with E-state index < -0.39 is 82.8 Å². The molecule has 2 aliphatic rings. The molecule has 0 heterocycles. The summed E-state index contributed by atoms with van der Waals surface area (Å²) < 4.78 is 155. The van der Waals surface area contributed by atoms with Crippen molar-refractivity contribution in [3.05, 3.63) is 66.8 Å². The molecule has 45 heavy (non-hydrogen) atoms. The molecule has 0 saturated heterocycles. The van der Waals surface area contributed by atoms with Crippen molar-refractivity contribution in [2.24, 2.45) is 17.8 Å². The Bertz CT molecular complexity index is 1440. The van der Waals surface area contributed by atoms with Crippen LogP contribution in [-0.2, 0) is 28.2 Å². The molecule has 0 radical (unpaired) electrons. The van der Waals surface area contributed by atoms with Crippen molar-refractivity contribution in [1.29, 1.82) is 0 Å². The van der Waals surface area contributed by atoms with Gasteiger partial charge in [0.2, 0.25) is 0 Å². The second kappa shape index (κ2) is 11.9. The fourth-order valence-corrected chi connectivity index (χ4v) is 14.8. The van der Waals surface area contributed by atoms with Crippen LogP contribution in [0.5, 0.6) is 0 Å². The fourth-order valence-electron chi connectivity index (χ4n) is 6.08. The first-order valence-electron chi connectivity index (χ1n) is 14.4. The van der Waals surface area contributed by atoms with Gasteiger partial charge in [0, 0.05) is 0 Å². The SMILES string of the molecule is CC(C)(C)c1ccccc1I(OS(=O)(=O)C(F)(F)C(F)(F)OC(F)(F)C(F)(F)C1CC2CCC1C2)c1ccccc1C(C)(C)C. The summed E-state index contributed by atoms with van der Waals surface area (Å²) in [5.74, 6) is -8.57. The van der Waals surface area contributed by atoms with Crippen LogP contribution in [0.15, 0.2) is 48.5 Å². The normalized spacial score (nSPS) is 22.2. The number of halogens is 9. The third-order valence-electron chi connectivity index (χ3n) is 8.38. The van der Waals surface area contributed by atoms with Crippen LogP contribution in [0.1, 0.15) is 78.4 Å². The second-order valence-electron chi connectivity index (χ2n) is 13.8. The third kappa shape index (κ3) is 6.76. The van der Waals surface area contributed by atoms with E-state index in [1.807, 2.05) is 0 Å². The summed E-state index contributed by atoms with van der Waals surface area (Å²) in [6.07, 6.45) is -12.3. The van der Waals surface area contributed by atoms with E-state index in [0.29, 0.717) is 17.5 Å². The molecule has 2 saturated carbocycles. The average molecular weight is 785 g/mol. The van der Waals surface area contributed by atoms with Crippen LogP contribution in [0, 0.1) is 24.9 Å². The van der Waals surface area contributed by atoms with Crippen molar-refractivity contribution in [1.82, 2.24) is 0 Å². The van der Waals surface area contributed by atoms with Crippen molar-refractivity contribution in [2.45, 2.75) is 101 Å². The minimum atomic E-state index is -6.80. The van der Waals surface area contributed by atoms with Crippen molar-refractivity contribution in [3.8, 4) is 0 Å². The van der Waals surface area contributed by atoms with Crippen LogP contribution in [0.2, 0.25) is 0 Å². The summed E-state index contributed by atoms with van der Waals surface area (Å²) >= 11 is -4.18. The average Bonchev–Trinajstić information content (AvgIpc) is 3.54. The number of rotatable bonds is 10. The van der Waals surface area contributed by atoms with Gasteiger partial charge in [0.1, 0.15) is 0 Å². The Hall–Kier alpha value is -1.52. The molecule has 14 heteroatoms. The van der Waals surface area contributed by atoms with Gasteiger partial charge < -0.3 is 0 Å². The van der Waals surface area contributed by atoms with Crippen LogP contribution in [0.4, 0.5) is 35.1 Å². The molecule has 0 aliphatic heterocycles. The van der Waals surface area contributed by atoms with Crippen LogP contribution in [0.3, 0.4) is 0 Å². The van der Waals surface area contributed by atoms with E-state index >= 15 is 8.78 Å². The first-order chi connectivity index (χ1) is 20.3. The maximum absolute atomic E-state index is 15.3. The topological polar surface area (TPSA) is 52.6 Å². The second-order valence-corrected chi connectivity index (χ2v) is 20.2. The van der Waals surface area contributed by atoms with Crippen LogP contribution in [-0.4, -0.2) is 31.8 Å². The molecule has 0 amide bonds. The summed E-state index contributed by atoms with van der Waals surface area (Å²) in [4.78, 5) is 0. The summed E-state index contributed by atoms with van der Waals surface area (Å²) in [5, 5.41) is -6.47. The zero-order valence-corrected chi connectivity index (χ0v) is 28.6. The number of hydrogen-bond donors (Lipinski definition) is 0.